The number of piperidine rings is 1. The molecule has 1 aromatic rings. The van der Waals surface area contributed by atoms with Crippen molar-refractivity contribution in [1.29, 1.82) is 0 Å². The van der Waals surface area contributed by atoms with Gasteiger partial charge in [-0.15, -0.1) is 0 Å². The lowest BCUT2D eigenvalue weighted by molar-refractivity contribution is -0.126. The highest BCUT2D eigenvalue weighted by Gasteiger charge is 2.21. The minimum Gasteiger partial charge on any atom is -0.386 e. The lowest BCUT2D eigenvalue weighted by Gasteiger charge is -2.22. The summed E-state index contributed by atoms with van der Waals surface area (Å²) in [5.74, 6) is -0.517. The molecule has 0 aliphatic carbocycles. The first-order chi connectivity index (χ1) is 9.18. The molecule has 0 saturated carbocycles. The van der Waals surface area contributed by atoms with Crippen LogP contribution in [0.4, 0.5) is 4.39 Å². The number of rotatable bonds is 4. The summed E-state index contributed by atoms with van der Waals surface area (Å²) >= 11 is 0. The summed E-state index contributed by atoms with van der Waals surface area (Å²) in [6, 6.07) is 6.05. The van der Waals surface area contributed by atoms with E-state index in [9.17, 15) is 14.3 Å². The van der Waals surface area contributed by atoms with Crippen molar-refractivity contribution in [3.63, 3.8) is 0 Å². The summed E-state index contributed by atoms with van der Waals surface area (Å²) in [7, 11) is 0. The van der Waals surface area contributed by atoms with E-state index in [0.717, 1.165) is 25.9 Å². The topological polar surface area (TPSA) is 61.4 Å². The normalized spacial score (nSPS) is 18.0. The third-order valence-corrected chi connectivity index (χ3v) is 3.44. The third kappa shape index (κ3) is 3.75. The van der Waals surface area contributed by atoms with Crippen molar-refractivity contribution < 1.29 is 14.3 Å². The molecule has 1 amide bonds. The van der Waals surface area contributed by atoms with Crippen LogP contribution >= 0.6 is 0 Å². The van der Waals surface area contributed by atoms with Gasteiger partial charge in [0.05, 0.1) is 6.10 Å². The molecule has 5 heteroatoms. The van der Waals surface area contributed by atoms with Gasteiger partial charge in [-0.1, -0.05) is 18.2 Å². The van der Waals surface area contributed by atoms with Crippen molar-refractivity contribution in [2.75, 3.05) is 19.6 Å². The van der Waals surface area contributed by atoms with E-state index < -0.39 is 11.9 Å². The molecule has 0 radical (unpaired) electrons. The zero-order valence-electron chi connectivity index (χ0n) is 10.7. The highest BCUT2D eigenvalue weighted by Crippen LogP contribution is 2.16. The number of halogens is 1. The summed E-state index contributed by atoms with van der Waals surface area (Å²) in [6.07, 6.45) is 0.607. The molecule has 0 spiro atoms. The Morgan fingerprint density at radius 2 is 2.11 bits per heavy atom. The Kier molecular flexibility index (Phi) is 4.87. The SMILES string of the molecule is O=C(NC[C@@H](O)c1ccccc1F)C1CCNCC1. The van der Waals surface area contributed by atoms with Crippen molar-refractivity contribution in [1.82, 2.24) is 10.6 Å². The van der Waals surface area contributed by atoms with E-state index in [1.807, 2.05) is 0 Å². The lowest BCUT2D eigenvalue weighted by Crippen LogP contribution is -2.39. The molecule has 2 rings (SSSR count). The van der Waals surface area contributed by atoms with Gasteiger partial charge in [0.25, 0.3) is 0 Å². The van der Waals surface area contributed by atoms with Crippen LogP contribution < -0.4 is 10.6 Å². The minimum absolute atomic E-state index is 0.00549. The monoisotopic (exact) mass is 266 g/mol. The number of aliphatic hydroxyl groups excluding tert-OH is 1. The van der Waals surface area contributed by atoms with Crippen molar-refractivity contribution >= 4 is 5.91 Å². The Morgan fingerprint density at radius 3 is 2.79 bits per heavy atom. The molecule has 1 fully saturated rings. The number of benzene rings is 1. The van der Waals surface area contributed by atoms with E-state index in [1.165, 1.54) is 12.1 Å². The van der Waals surface area contributed by atoms with E-state index in [1.54, 1.807) is 12.1 Å². The molecule has 1 saturated heterocycles. The summed E-state index contributed by atoms with van der Waals surface area (Å²) in [5, 5.41) is 15.8. The summed E-state index contributed by atoms with van der Waals surface area (Å²) < 4.78 is 13.4. The molecule has 1 atom stereocenters. The van der Waals surface area contributed by atoms with Gasteiger partial charge >= 0.3 is 0 Å². The molecule has 0 bridgehead atoms. The fourth-order valence-corrected chi connectivity index (χ4v) is 2.28. The number of carbonyl (C=O) groups excluding carboxylic acids is 1. The van der Waals surface area contributed by atoms with Crippen molar-refractivity contribution in [2.24, 2.45) is 5.92 Å². The molecule has 4 nitrogen and oxygen atoms in total. The summed E-state index contributed by atoms with van der Waals surface area (Å²) in [6.45, 7) is 1.73. The van der Waals surface area contributed by atoms with Gasteiger partial charge in [-0.2, -0.15) is 0 Å². The van der Waals surface area contributed by atoms with E-state index >= 15 is 0 Å². The Morgan fingerprint density at radius 1 is 1.42 bits per heavy atom. The van der Waals surface area contributed by atoms with Gasteiger partial charge in [-0.3, -0.25) is 4.79 Å². The van der Waals surface area contributed by atoms with Gasteiger partial charge in [-0.05, 0) is 32.0 Å². The highest BCUT2D eigenvalue weighted by atomic mass is 19.1. The number of nitrogens with one attached hydrogen (secondary N) is 2. The first-order valence-electron chi connectivity index (χ1n) is 6.59. The average Bonchev–Trinajstić information content (AvgIpc) is 2.46. The number of amides is 1. The van der Waals surface area contributed by atoms with E-state index in [4.69, 9.17) is 0 Å². The first kappa shape index (κ1) is 14.0. The Bertz CT molecular complexity index is 433. The molecule has 1 aromatic carbocycles. The van der Waals surface area contributed by atoms with E-state index in [-0.39, 0.29) is 23.9 Å². The second kappa shape index (κ2) is 6.63. The van der Waals surface area contributed by atoms with Crippen LogP contribution in [0.15, 0.2) is 24.3 Å². The minimum atomic E-state index is -1.01. The van der Waals surface area contributed by atoms with Crippen LogP contribution in [0, 0.1) is 11.7 Å². The molecule has 0 unspecified atom stereocenters. The van der Waals surface area contributed by atoms with Crippen LogP contribution in [-0.4, -0.2) is 30.6 Å². The zero-order valence-corrected chi connectivity index (χ0v) is 10.7. The average molecular weight is 266 g/mol. The van der Waals surface area contributed by atoms with Crippen LogP contribution in [0.1, 0.15) is 24.5 Å². The molecule has 1 heterocycles. The van der Waals surface area contributed by atoms with Crippen LogP contribution in [0.25, 0.3) is 0 Å². The lowest BCUT2D eigenvalue weighted by atomic mass is 9.97. The van der Waals surface area contributed by atoms with Crippen molar-refractivity contribution in [3.8, 4) is 0 Å². The van der Waals surface area contributed by atoms with Crippen LogP contribution in [0.3, 0.4) is 0 Å². The quantitative estimate of drug-likeness (QED) is 0.761. The predicted molar refractivity (Wildman–Crippen MR) is 70.0 cm³/mol. The molecule has 1 aliphatic rings. The number of hydrogen-bond acceptors (Lipinski definition) is 3. The fraction of sp³-hybridized carbons (Fsp3) is 0.500. The van der Waals surface area contributed by atoms with Crippen LogP contribution in [0.5, 0.6) is 0 Å². The van der Waals surface area contributed by atoms with Crippen LogP contribution in [-0.2, 0) is 4.79 Å². The predicted octanol–water partition coefficient (Wildman–Crippen LogP) is 0.975. The molecule has 0 aromatic heterocycles. The molecular formula is C14H19FN2O2. The molecular weight excluding hydrogens is 247 g/mol. The number of hydrogen-bond donors (Lipinski definition) is 3. The molecule has 3 N–H and O–H groups in total. The fourth-order valence-electron chi connectivity index (χ4n) is 2.28. The second-order valence-electron chi connectivity index (χ2n) is 4.81. The molecule has 1 aliphatic heterocycles. The van der Waals surface area contributed by atoms with Crippen molar-refractivity contribution in [3.05, 3.63) is 35.6 Å². The Hall–Kier alpha value is -1.46. The third-order valence-electron chi connectivity index (χ3n) is 3.44. The maximum atomic E-state index is 13.4. The maximum absolute atomic E-state index is 13.4. The second-order valence-corrected chi connectivity index (χ2v) is 4.81. The van der Waals surface area contributed by atoms with Gasteiger partial charge < -0.3 is 15.7 Å². The van der Waals surface area contributed by atoms with Crippen molar-refractivity contribution in [2.45, 2.75) is 18.9 Å². The summed E-state index contributed by atoms with van der Waals surface area (Å²) in [4.78, 5) is 11.9. The smallest absolute Gasteiger partial charge is 0.223 e. The van der Waals surface area contributed by atoms with Gasteiger partial charge in [0, 0.05) is 18.0 Å². The maximum Gasteiger partial charge on any atom is 0.223 e. The Balaban J connectivity index is 1.84. The number of carbonyl (C=O) groups is 1. The largest absolute Gasteiger partial charge is 0.386 e. The van der Waals surface area contributed by atoms with Gasteiger partial charge in [0.2, 0.25) is 5.91 Å². The number of aliphatic hydroxyl groups is 1. The van der Waals surface area contributed by atoms with E-state index in [0.29, 0.717) is 0 Å². The standard InChI is InChI=1S/C14H19FN2O2/c15-12-4-2-1-3-11(12)13(18)9-17-14(19)10-5-7-16-8-6-10/h1-4,10,13,16,18H,5-9H2,(H,17,19)/t13-/m1/s1. The van der Waals surface area contributed by atoms with Gasteiger partial charge in [-0.25, -0.2) is 4.39 Å². The van der Waals surface area contributed by atoms with E-state index in [2.05, 4.69) is 10.6 Å². The van der Waals surface area contributed by atoms with Crippen LogP contribution in [0.2, 0.25) is 0 Å². The first-order valence-corrected chi connectivity index (χ1v) is 6.59. The summed E-state index contributed by atoms with van der Waals surface area (Å²) in [5.41, 5.74) is 0.216. The molecule has 19 heavy (non-hydrogen) atoms. The van der Waals surface area contributed by atoms with Gasteiger partial charge in [0.15, 0.2) is 0 Å². The Labute approximate surface area is 112 Å². The zero-order chi connectivity index (χ0) is 13.7. The molecule has 104 valence electrons. The van der Waals surface area contributed by atoms with Gasteiger partial charge in [0.1, 0.15) is 5.82 Å². The highest BCUT2D eigenvalue weighted by molar-refractivity contribution is 5.78.